The van der Waals surface area contributed by atoms with Crippen molar-refractivity contribution >= 4 is 5.65 Å². The van der Waals surface area contributed by atoms with E-state index >= 15 is 0 Å². The first-order valence-electron chi connectivity index (χ1n) is 8.02. The predicted molar refractivity (Wildman–Crippen MR) is 93.6 cm³/mol. The van der Waals surface area contributed by atoms with Crippen LogP contribution in [0.15, 0.2) is 24.7 Å². The van der Waals surface area contributed by atoms with Gasteiger partial charge >= 0.3 is 0 Å². The first kappa shape index (κ1) is 17.2. The lowest BCUT2D eigenvalue weighted by Gasteiger charge is -2.13. The fourth-order valence-corrected chi connectivity index (χ4v) is 2.60. The van der Waals surface area contributed by atoms with Gasteiger partial charge in [-0.1, -0.05) is 13.8 Å². The van der Waals surface area contributed by atoms with Crippen LogP contribution < -0.4 is 0 Å². The third kappa shape index (κ3) is 3.15. The lowest BCUT2D eigenvalue weighted by atomic mass is 10.0. The quantitative estimate of drug-likeness (QED) is 0.731. The number of hydrogen-bond donors (Lipinski definition) is 0. The molecule has 0 saturated carbocycles. The summed E-state index contributed by atoms with van der Waals surface area (Å²) in [5.41, 5.74) is 6.44. The number of aromatic nitrogens is 4. The summed E-state index contributed by atoms with van der Waals surface area (Å²) in [7, 11) is 3.68. The second kappa shape index (κ2) is 6.96. The van der Waals surface area contributed by atoms with Gasteiger partial charge in [0.15, 0.2) is 0 Å². The smallest absolute Gasteiger partial charge is 0.142 e. The number of aryl methyl sites for hydroxylation is 2. The van der Waals surface area contributed by atoms with Gasteiger partial charge in [0.2, 0.25) is 0 Å². The summed E-state index contributed by atoms with van der Waals surface area (Å²) < 4.78 is 9.46. The van der Waals surface area contributed by atoms with Crippen LogP contribution in [0.4, 0.5) is 0 Å². The van der Waals surface area contributed by atoms with E-state index in [2.05, 4.69) is 33.7 Å². The van der Waals surface area contributed by atoms with Crippen molar-refractivity contribution in [2.75, 3.05) is 7.11 Å². The van der Waals surface area contributed by atoms with Gasteiger partial charge in [-0.2, -0.15) is 5.10 Å². The molecule has 5 heteroatoms. The number of pyridine rings is 1. The standard InChI is InChI=1S/C16H20N4O.C2H6/c1-10-8-20-9-13(15-7-17-19(4)11(15)2)6-14(12(3)21-5)16(20)18-10;1-2/h6-9,12H,1-5H3;1-2H3/t12-;/m1./s1. The van der Waals surface area contributed by atoms with Crippen molar-refractivity contribution in [2.24, 2.45) is 7.05 Å². The number of rotatable bonds is 3. The summed E-state index contributed by atoms with van der Waals surface area (Å²) in [4.78, 5) is 4.61. The Kier molecular flexibility index (Phi) is 5.21. The monoisotopic (exact) mass is 314 g/mol. The van der Waals surface area contributed by atoms with Crippen LogP contribution in [0, 0.1) is 13.8 Å². The average molecular weight is 314 g/mol. The van der Waals surface area contributed by atoms with Gasteiger partial charge in [0.1, 0.15) is 5.65 Å². The van der Waals surface area contributed by atoms with Gasteiger partial charge in [-0.25, -0.2) is 4.98 Å². The van der Waals surface area contributed by atoms with Crippen LogP contribution in [0.3, 0.4) is 0 Å². The van der Waals surface area contributed by atoms with E-state index < -0.39 is 0 Å². The van der Waals surface area contributed by atoms with Gasteiger partial charge < -0.3 is 9.14 Å². The maximum Gasteiger partial charge on any atom is 0.142 e. The predicted octanol–water partition coefficient (Wildman–Crippen LogP) is 4.09. The lowest BCUT2D eigenvalue weighted by Crippen LogP contribution is -2.01. The zero-order valence-corrected chi connectivity index (χ0v) is 15.1. The molecule has 0 saturated heterocycles. The summed E-state index contributed by atoms with van der Waals surface area (Å²) >= 11 is 0. The molecule has 0 radical (unpaired) electrons. The Morgan fingerprint density at radius 3 is 2.43 bits per heavy atom. The molecule has 0 aliphatic heterocycles. The maximum atomic E-state index is 5.51. The van der Waals surface area contributed by atoms with Crippen LogP contribution in [-0.4, -0.2) is 26.3 Å². The van der Waals surface area contributed by atoms with Crippen molar-refractivity contribution in [3.05, 3.63) is 41.6 Å². The highest BCUT2D eigenvalue weighted by Gasteiger charge is 2.15. The SMILES string of the molecule is CC.CO[C@H](C)c1cc(-c2cnn(C)c2C)cn2cc(C)nc12. The Morgan fingerprint density at radius 1 is 1.17 bits per heavy atom. The van der Waals surface area contributed by atoms with Crippen molar-refractivity contribution in [1.29, 1.82) is 0 Å². The minimum Gasteiger partial charge on any atom is -0.377 e. The number of hydrogen-bond acceptors (Lipinski definition) is 3. The largest absolute Gasteiger partial charge is 0.377 e. The molecule has 0 spiro atoms. The molecule has 3 rings (SSSR count). The zero-order chi connectivity index (χ0) is 17.1. The fraction of sp³-hybridized carbons (Fsp3) is 0.444. The van der Waals surface area contributed by atoms with Crippen molar-refractivity contribution in [2.45, 2.75) is 40.7 Å². The Labute approximate surface area is 137 Å². The molecular weight excluding hydrogens is 288 g/mol. The van der Waals surface area contributed by atoms with E-state index in [4.69, 9.17) is 4.74 Å². The van der Waals surface area contributed by atoms with Gasteiger partial charge in [-0.05, 0) is 26.8 Å². The van der Waals surface area contributed by atoms with Crippen LogP contribution in [0.2, 0.25) is 0 Å². The van der Waals surface area contributed by atoms with Gasteiger partial charge in [-0.15, -0.1) is 0 Å². The molecule has 0 aliphatic rings. The molecule has 0 N–H and O–H groups in total. The molecule has 0 fully saturated rings. The average Bonchev–Trinajstić information content (AvgIpc) is 3.09. The molecule has 0 amide bonds. The number of methoxy groups -OCH3 is 1. The summed E-state index contributed by atoms with van der Waals surface area (Å²) in [6.07, 6.45) is 6.04. The van der Waals surface area contributed by atoms with E-state index in [1.54, 1.807) is 7.11 Å². The molecule has 5 nitrogen and oxygen atoms in total. The van der Waals surface area contributed by atoms with E-state index in [1.165, 1.54) is 0 Å². The second-order valence-electron chi connectivity index (χ2n) is 5.44. The zero-order valence-electron chi connectivity index (χ0n) is 15.1. The molecule has 3 heterocycles. The Morgan fingerprint density at radius 2 is 1.87 bits per heavy atom. The van der Waals surface area contributed by atoms with E-state index in [9.17, 15) is 0 Å². The number of imidazole rings is 1. The molecular formula is C18H26N4O. The topological polar surface area (TPSA) is 44.4 Å². The van der Waals surface area contributed by atoms with Crippen LogP contribution in [0.1, 0.15) is 43.8 Å². The second-order valence-corrected chi connectivity index (χ2v) is 5.44. The molecule has 0 aliphatic carbocycles. The van der Waals surface area contributed by atoms with Crippen molar-refractivity contribution in [1.82, 2.24) is 19.2 Å². The normalized spacial score (nSPS) is 12.1. The summed E-state index contributed by atoms with van der Waals surface area (Å²) in [6, 6.07) is 2.15. The Bertz CT molecular complexity index is 801. The molecule has 124 valence electrons. The third-order valence-electron chi connectivity index (χ3n) is 4.04. The Balaban J connectivity index is 0.000000924. The number of fused-ring (bicyclic) bond motifs is 1. The van der Waals surface area contributed by atoms with Crippen molar-refractivity contribution in [3.8, 4) is 11.1 Å². The lowest BCUT2D eigenvalue weighted by molar-refractivity contribution is 0.120. The first-order chi connectivity index (χ1) is 11.0. The molecule has 3 aromatic rings. The van der Waals surface area contributed by atoms with Crippen molar-refractivity contribution in [3.63, 3.8) is 0 Å². The van der Waals surface area contributed by atoms with Crippen LogP contribution in [-0.2, 0) is 11.8 Å². The molecule has 0 aromatic carbocycles. The molecule has 0 bridgehead atoms. The minimum absolute atomic E-state index is 0.00812. The molecule has 23 heavy (non-hydrogen) atoms. The summed E-state index contributed by atoms with van der Waals surface area (Å²) in [5, 5.41) is 4.33. The van der Waals surface area contributed by atoms with E-state index in [0.29, 0.717) is 0 Å². The molecule has 0 unspecified atom stereocenters. The fourth-order valence-electron chi connectivity index (χ4n) is 2.60. The van der Waals surface area contributed by atoms with Crippen molar-refractivity contribution < 1.29 is 4.74 Å². The minimum atomic E-state index is -0.00812. The van der Waals surface area contributed by atoms with E-state index in [0.717, 1.165) is 33.7 Å². The summed E-state index contributed by atoms with van der Waals surface area (Å²) in [6.45, 7) is 10.1. The van der Waals surface area contributed by atoms with Gasteiger partial charge in [-0.3, -0.25) is 4.68 Å². The number of ether oxygens (including phenoxy) is 1. The third-order valence-corrected chi connectivity index (χ3v) is 4.04. The van der Waals surface area contributed by atoms with Crippen LogP contribution in [0.5, 0.6) is 0 Å². The van der Waals surface area contributed by atoms with Gasteiger partial charge in [0.05, 0.1) is 18.0 Å². The summed E-state index contributed by atoms with van der Waals surface area (Å²) in [5.74, 6) is 0. The van der Waals surface area contributed by atoms with E-state index in [1.807, 2.05) is 51.8 Å². The highest BCUT2D eigenvalue weighted by Crippen LogP contribution is 2.29. The van der Waals surface area contributed by atoms with Crippen LogP contribution in [0.25, 0.3) is 16.8 Å². The Hall–Kier alpha value is -2.14. The van der Waals surface area contributed by atoms with Crippen LogP contribution >= 0.6 is 0 Å². The highest BCUT2D eigenvalue weighted by molar-refractivity contribution is 5.69. The van der Waals surface area contributed by atoms with Gasteiger partial charge in [0, 0.05) is 48.9 Å². The molecule has 1 atom stereocenters. The maximum absolute atomic E-state index is 5.51. The van der Waals surface area contributed by atoms with E-state index in [-0.39, 0.29) is 6.10 Å². The first-order valence-corrected chi connectivity index (χ1v) is 8.02. The van der Waals surface area contributed by atoms with Gasteiger partial charge in [0.25, 0.3) is 0 Å². The molecule has 3 aromatic heterocycles. The number of nitrogens with zero attached hydrogens (tertiary/aromatic N) is 4. The highest BCUT2D eigenvalue weighted by atomic mass is 16.5.